The summed E-state index contributed by atoms with van der Waals surface area (Å²) in [5, 5.41) is 3.53. The van der Waals surface area contributed by atoms with Gasteiger partial charge < -0.3 is 5.32 Å². The topological polar surface area (TPSA) is 12.0 Å². The van der Waals surface area contributed by atoms with Crippen molar-refractivity contribution >= 4 is 15.9 Å². The fraction of sp³-hybridized carbons (Fsp3) is 0.538. The maximum atomic E-state index is 12.9. The molecule has 1 fully saturated rings. The Morgan fingerprint density at radius 1 is 1.50 bits per heavy atom. The van der Waals surface area contributed by atoms with Crippen molar-refractivity contribution in [3.05, 3.63) is 34.1 Å². The summed E-state index contributed by atoms with van der Waals surface area (Å²) in [6.07, 6.45) is 3.45. The van der Waals surface area contributed by atoms with Crippen molar-refractivity contribution in [3.8, 4) is 0 Å². The third kappa shape index (κ3) is 3.05. The molecule has 1 heterocycles. The lowest BCUT2D eigenvalue weighted by atomic mass is 9.90. The number of benzene rings is 1. The molecule has 1 saturated heterocycles. The van der Waals surface area contributed by atoms with Crippen molar-refractivity contribution in [3.63, 3.8) is 0 Å². The van der Waals surface area contributed by atoms with Crippen molar-refractivity contribution < 1.29 is 4.39 Å². The van der Waals surface area contributed by atoms with Gasteiger partial charge in [0.15, 0.2) is 0 Å². The van der Waals surface area contributed by atoms with Crippen molar-refractivity contribution in [1.82, 2.24) is 5.32 Å². The van der Waals surface area contributed by atoms with Crippen LogP contribution in [0.5, 0.6) is 0 Å². The Balaban J connectivity index is 2.02. The molecular formula is C13H17BrFN. The van der Waals surface area contributed by atoms with Crippen LogP contribution in [-0.2, 0) is 6.42 Å². The molecule has 1 aliphatic rings. The Morgan fingerprint density at radius 2 is 2.31 bits per heavy atom. The molecule has 1 aromatic carbocycles. The normalized spacial score (nSPS) is 25.7. The van der Waals surface area contributed by atoms with E-state index in [2.05, 4.69) is 28.2 Å². The molecule has 1 aliphatic heterocycles. The van der Waals surface area contributed by atoms with E-state index in [1.54, 1.807) is 6.07 Å². The van der Waals surface area contributed by atoms with Gasteiger partial charge in [-0.3, -0.25) is 0 Å². The third-order valence-corrected chi connectivity index (χ3v) is 3.98. The minimum atomic E-state index is -0.180. The van der Waals surface area contributed by atoms with Gasteiger partial charge in [0.2, 0.25) is 0 Å². The predicted molar refractivity (Wildman–Crippen MR) is 68.0 cm³/mol. The van der Waals surface area contributed by atoms with E-state index in [0.717, 1.165) is 23.4 Å². The van der Waals surface area contributed by atoms with Crippen LogP contribution < -0.4 is 5.32 Å². The SMILES string of the molecule is CC1CCNC(Cc2ccc(F)cc2Br)C1. The van der Waals surface area contributed by atoms with Gasteiger partial charge in [-0.25, -0.2) is 4.39 Å². The molecule has 2 atom stereocenters. The number of piperidine rings is 1. The summed E-state index contributed by atoms with van der Waals surface area (Å²) in [5.41, 5.74) is 1.19. The van der Waals surface area contributed by atoms with Gasteiger partial charge in [0.25, 0.3) is 0 Å². The van der Waals surface area contributed by atoms with E-state index in [1.807, 2.05) is 6.07 Å². The van der Waals surface area contributed by atoms with E-state index in [0.29, 0.717) is 6.04 Å². The van der Waals surface area contributed by atoms with Crippen molar-refractivity contribution in [2.45, 2.75) is 32.2 Å². The summed E-state index contributed by atoms with van der Waals surface area (Å²) in [6, 6.07) is 5.49. The van der Waals surface area contributed by atoms with Gasteiger partial charge in [-0.15, -0.1) is 0 Å². The van der Waals surface area contributed by atoms with Crippen LogP contribution in [0.1, 0.15) is 25.3 Å². The van der Waals surface area contributed by atoms with Crippen LogP contribution in [0.4, 0.5) is 4.39 Å². The molecule has 88 valence electrons. The fourth-order valence-corrected chi connectivity index (χ4v) is 2.84. The van der Waals surface area contributed by atoms with Crippen LogP contribution in [0.15, 0.2) is 22.7 Å². The van der Waals surface area contributed by atoms with Crippen LogP contribution in [0.3, 0.4) is 0 Å². The predicted octanol–water partition coefficient (Wildman–Crippen LogP) is 3.52. The zero-order valence-electron chi connectivity index (χ0n) is 9.47. The summed E-state index contributed by atoms with van der Waals surface area (Å²) in [7, 11) is 0. The van der Waals surface area contributed by atoms with Crippen LogP contribution in [0, 0.1) is 11.7 Å². The van der Waals surface area contributed by atoms with Gasteiger partial charge in [0.05, 0.1) is 0 Å². The molecule has 0 bridgehead atoms. The smallest absolute Gasteiger partial charge is 0.124 e. The lowest BCUT2D eigenvalue weighted by Gasteiger charge is -2.28. The van der Waals surface area contributed by atoms with Crippen LogP contribution in [0.25, 0.3) is 0 Å². The number of rotatable bonds is 2. The third-order valence-electron chi connectivity index (χ3n) is 3.24. The molecule has 0 amide bonds. The maximum absolute atomic E-state index is 12.9. The molecule has 1 aromatic rings. The zero-order chi connectivity index (χ0) is 11.5. The Hall–Kier alpha value is -0.410. The summed E-state index contributed by atoms with van der Waals surface area (Å²) in [5.74, 6) is 0.617. The number of nitrogens with one attached hydrogen (secondary N) is 1. The van der Waals surface area contributed by atoms with Crippen molar-refractivity contribution in [2.75, 3.05) is 6.54 Å². The quantitative estimate of drug-likeness (QED) is 0.877. The highest BCUT2D eigenvalue weighted by Crippen LogP contribution is 2.23. The molecule has 0 saturated carbocycles. The van der Waals surface area contributed by atoms with Gasteiger partial charge in [0, 0.05) is 10.5 Å². The van der Waals surface area contributed by atoms with Crippen molar-refractivity contribution in [2.24, 2.45) is 5.92 Å². The van der Waals surface area contributed by atoms with Gasteiger partial charge >= 0.3 is 0 Å². The van der Waals surface area contributed by atoms with E-state index >= 15 is 0 Å². The Labute approximate surface area is 105 Å². The highest BCUT2D eigenvalue weighted by Gasteiger charge is 2.19. The van der Waals surface area contributed by atoms with Crippen LogP contribution in [0.2, 0.25) is 0 Å². The molecule has 1 nitrogen and oxygen atoms in total. The molecule has 0 aliphatic carbocycles. The first-order chi connectivity index (χ1) is 7.65. The van der Waals surface area contributed by atoms with E-state index in [1.165, 1.54) is 24.5 Å². The highest BCUT2D eigenvalue weighted by molar-refractivity contribution is 9.10. The van der Waals surface area contributed by atoms with E-state index in [4.69, 9.17) is 0 Å². The molecule has 1 N–H and O–H groups in total. The lowest BCUT2D eigenvalue weighted by molar-refractivity contribution is 0.318. The fourth-order valence-electron chi connectivity index (χ4n) is 2.33. The molecular weight excluding hydrogens is 269 g/mol. The summed E-state index contributed by atoms with van der Waals surface area (Å²) < 4.78 is 13.8. The van der Waals surface area contributed by atoms with Gasteiger partial charge in [-0.2, -0.15) is 0 Å². The minimum Gasteiger partial charge on any atom is -0.314 e. The molecule has 2 rings (SSSR count). The average Bonchev–Trinajstić information content (AvgIpc) is 2.22. The number of halogens is 2. The Morgan fingerprint density at radius 3 is 3.00 bits per heavy atom. The molecule has 16 heavy (non-hydrogen) atoms. The van der Waals surface area contributed by atoms with Gasteiger partial charge in [-0.1, -0.05) is 28.9 Å². The van der Waals surface area contributed by atoms with Gasteiger partial charge in [0.1, 0.15) is 5.82 Å². The maximum Gasteiger partial charge on any atom is 0.124 e. The number of hydrogen-bond donors (Lipinski definition) is 1. The highest BCUT2D eigenvalue weighted by atomic mass is 79.9. The first kappa shape index (κ1) is 12.1. The summed E-state index contributed by atoms with van der Waals surface area (Å²) in [6.45, 7) is 3.40. The average molecular weight is 286 g/mol. The molecule has 2 unspecified atom stereocenters. The summed E-state index contributed by atoms with van der Waals surface area (Å²) in [4.78, 5) is 0. The van der Waals surface area contributed by atoms with Gasteiger partial charge in [-0.05, 0) is 49.4 Å². The zero-order valence-corrected chi connectivity index (χ0v) is 11.1. The molecule has 0 spiro atoms. The van der Waals surface area contributed by atoms with Crippen LogP contribution >= 0.6 is 15.9 Å². The molecule has 0 radical (unpaired) electrons. The number of hydrogen-bond acceptors (Lipinski definition) is 1. The standard InChI is InChI=1S/C13H17BrFN/c1-9-4-5-16-12(6-9)7-10-2-3-11(15)8-13(10)14/h2-3,8-9,12,16H,4-7H2,1H3. The largest absolute Gasteiger partial charge is 0.314 e. The molecule has 3 heteroatoms. The first-order valence-electron chi connectivity index (χ1n) is 5.82. The first-order valence-corrected chi connectivity index (χ1v) is 6.62. The van der Waals surface area contributed by atoms with Crippen molar-refractivity contribution in [1.29, 1.82) is 0 Å². The van der Waals surface area contributed by atoms with E-state index in [9.17, 15) is 4.39 Å². The van der Waals surface area contributed by atoms with Crippen LogP contribution in [-0.4, -0.2) is 12.6 Å². The monoisotopic (exact) mass is 285 g/mol. The summed E-state index contributed by atoms with van der Waals surface area (Å²) >= 11 is 3.42. The minimum absolute atomic E-state index is 0.180. The van der Waals surface area contributed by atoms with E-state index < -0.39 is 0 Å². The second-order valence-corrected chi connectivity index (χ2v) is 5.57. The Bertz CT molecular complexity index is 367. The second kappa shape index (κ2) is 5.28. The van der Waals surface area contributed by atoms with E-state index in [-0.39, 0.29) is 5.82 Å². The Kier molecular flexibility index (Phi) is 3.98. The molecule has 0 aromatic heterocycles. The lowest BCUT2D eigenvalue weighted by Crippen LogP contribution is -2.38. The second-order valence-electron chi connectivity index (χ2n) is 4.72.